The highest BCUT2D eigenvalue weighted by Crippen LogP contribution is 2.56. The van der Waals surface area contributed by atoms with Gasteiger partial charge in [-0.05, 0) is 46.9 Å². The molecule has 0 N–H and O–H groups in total. The molecule has 3 aromatic rings. The van der Waals surface area contributed by atoms with E-state index in [-0.39, 0.29) is 5.41 Å². The van der Waals surface area contributed by atoms with E-state index in [9.17, 15) is 0 Å². The zero-order chi connectivity index (χ0) is 18.8. The Morgan fingerprint density at radius 2 is 1.41 bits per heavy atom. The van der Waals surface area contributed by atoms with Gasteiger partial charge < -0.3 is 9.80 Å². The lowest BCUT2D eigenvalue weighted by molar-refractivity contribution is 0.629. The van der Waals surface area contributed by atoms with Crippen molar-refractivity contribution in [3.8, 4) is 0 Å². The molecular weight excluding hydrogens is 328 g/mol. The fourth-order valence-electron chi connectivity index (χ4n) is 4.66. The van der Waals surface area contributed by atoms with Gasteiger partial charge in [-0.15, -0.1) is 0 Å². The van der Waals surface area contributed by atoms with E-state index in [0.29, 0.717) is 5.92 Å². The fraction of sp³-hybridized carbons (Fsp3) is 0.280. The number of para-hydroxylation sites is 2. The first-order chi connectivity index (χ1) is 13.0. The predicted octanol–water partition coefficient (Wildman–Crippen LogP) is 6.70. The first kappa shape index (κ1) is 16.4. The van der Waals surface area contributed by atoms with E-state index in [0.717, 1.165) is 6.67 Å². The molecule has 0 bridgehead atoms. The van der Waals surface area contributed by atoms with Crippen molar-refractivity contribution in [1.82, 2.24) is 0 Å². The second kappa shape index (κ2) is 5.63. The average Bonchev–Trinajstić information content (AvgIpc) is 3.07. The summed E-state index contributed by atoms with van der Waals surface area (Å²) in [5.41, 5.74) is 9.50. The molecule has 0 unspecified atom stereocenters. The molecule has 2 heteroatoms. The molecule has 2 heterocycles. The van der Waals surface area contributed by atoms with Crippen LogP contribution in [0.4, 0.5) is 22.7 Å². The van der Waals surface area contributed by atoms with Crippen LogP contribution in [-0.4, -0.2) is 6.67 Å². The van der Waals surface area contributed by atoms with Gasteiger partial charge in [-0.1, -0.05) is 70.2 Å². The molecule has 2 aliphatic heterocycles. The Morgan fingerprint density at radius 3 is 2.15 bits per heavy atom. The summed E-state index contributed by atoms with van der Waals surface area (Å²) in [5, 5.41) is 0. The molecule has 0 saturated heterocycles. The van der Waals surface area contributed by atoms with Gasteiger partial charge in [0.15, 0.2) is 0 Å². The molecular formula is C25H26N2. The van der Waals surface area contributed by atoms with Crippen LogP contribution in [0.3, 0.4) is 0 Å². The lowest BCUT2D eigenvalue weighted by atomic mass is 9.74. The van der Waals surface area contributed by atoms with Crippen LogP contribution in [0.2, 0.25) is 0 Å². The van der Waals surface area contributed by atoms with E-state index in [1.54, 1.807) is 0 Å². The van der Waals surface area contributed by atoms with Gasteiger partial charge in [0.05, 0.1) is 11.4 Å². The highest BCUT2D eigenvalue weighted by Gasteiger charge is 2.41. The smallest absolute Gasteiger partial charge is 0.100 e. The summed E-state index contributed by atoms with van der Waals surface area (Å²) in [7, 11) is 0. The van der Waals surface area contributed by atoms with E-state index < -0.39 is 0 Å². The predicted molar refractivity (Wildman–Crippen MR) is 115 cm³/mol. The van der Waals surface area contributed by atoms with Gasteiger partial charge >= 0.3 is 0 Å². The van der Waals surface area contributed by atoms with Crippen LogP contribution in [0.15, 0.2) is 66.7 Å². The minimum atomic E-state index is 0.00987. The summed E-state index contributed by atoms with van der Waals surface area (Å²) in [4.78, 5) is 4.93. The van der Waals surface area contributed by atoms with E-state index in [2.05, 4.69) is 104 Å². The summed E-state index contributed by atoms with van der Waals surface area (Å²) in [6, 6.07) is 24.7. The summed E-state index contributed by atoms with van der Waals surface area (Å²) < 4.78 is 0. The van der Waals surface area contributed by atoms with Crippen molar-refractivity contribution in [1.29, 1.82) is 0 Å². The van der Waals surface area contributed by atoms with E-state index in [1.807, 2.05) is 0 Å². The van der Waals surface area contributed by atoms with E-state index >= 15 is 0 Å². The van der Waals surface area contributed by atoms with Crippen LogP contribution in [0.5, 0.6) is 0 Å². The molecule has 0 fully saturated rings. The lowest BCUT2D eigenvalue weighted by Crippen LogP contribution is -2.32. The zero-order valence-electron chi connectivity index (χ0n) is 16.5. The van der Waals surface area contributed by atoms with Crippen LogP contribution in [0.25, 0.3) is 0 Å². The summed E-state index contributed by atoms with van der Waals surface area (Å²) >= 11 is 0. The molecule has 0 spiro atoms. The van der Waals surface area contributed by atoms with Gasteiger partial charge in [-0.25, -0.2) is 0 Å². The Hall–Kier alpha value is -2.74. The van der Waals surface area contributed by atoms with Crippen LogP contribution >= 0.6 is 0 Å². The zero-order valence-corrected chi connectivity index (χ0v) is 16.5. The molecule has 27 heavy (non-hydrogen) atoms. The van der Waals surface area contributed by atoms with E-state index in [1.165, 1.54) is 39.4 Å². The average molecular weight is 354 g/mol. The van der Waals surface area contributed by atoms with Crippen molar-refractivity contribution >= 4 is 22.7 Å². The second-order valence-corrected chi connectivity index (χ2v) is 8.56. The SMILES string of the molecule is CC(C)c1ccc(N2CN3c4ccccc4C(C)(C)c4cccc2c43)cc1. The van der Waals surface area contributed by atoms with E-state index in [4.69, 9.17) is 0 Å². The van der Waals surface area contributed by atoms with Gasteiger partial charge in [-0.2, -0.15) is 0 Å². The molecule has 0 radical (unpaired) electrons. The number of fused-ring (bicyclic) bond motifs is 2. The molecule has 136 valence electrons. The highest BCUT2D eigenvalue weighted by atomic mass is 15.4. The molecule has 2 nitrogen and oxygen atoms in total. The fourth-order valence-corrected chi connectivity index (χ4v) is 4.66. The maximum atomic E-state index is 2.49. The third-order valence-corrected chi connectivity index (χ3v) is 6.27. The summed E-state index contributed by atoms with van der Waals surface area (Å²) in [5.74, 6) is 0.558. The van der Waals surface area contributed by atoms with Gasteiger partial charge in [0, 0.05) is 16.8 Å². The number of hydrogen-bond donors (Lipinski definition) is 0. The molecule has 0 aromatic heterocycles. The van der Waals surface area contributed by atoms with Crippen LogP contribution in [0, 0.1) is 0 Å². The second-order valence-electron chi connectivity index (χ2n) is 8.56. The Morgan fingerprint density at radius 1 is 0.741 bits per heavy atom. The number of benzene rings is 3. The minimum Gasteiger partial charge on any atom is -0.321 e. The van der Waals surface area contributed by atoms with Crippen molar-refractivity contribution in [3.05, 3.63) is 83.4 Å². The topological polar surface area (TPSA) is 6.48 Å². The summed E-state index contributed by atoms with van der Waals surface area (Å²) in [6.45, 7) is 10.0. The largest absolute Gasteiger partial charge is 0.321 e. The molecule has 0 amide bonds. The number of anilines is 4. The molecule has 2 aliphatic rings. The number of nitrogens with zero attached hydrogens (tertiary/aromatic N) is 2. The van der Waals surface area contributed by atoms with Crippen molar-refractivity contribution in [3.63, 3.8) is 0 Å². The molecule has 3 aromatic carbocycles. The van der Waals surface area contributed by atoms with Crippen molar-refractivity contribution < 1.29 is 0 Å². The molecule has 0 atom stereocenters. The van der Waals surface area contributed by atoms with Crippen molar-refractivity contribution in [2.45, 2.75) is 39.0 Å². The maximum absolute atomic E-state index is 2.49. The van der Waals surface area contributed by atoms with Gasteiger partial charge in [0.25, 0.3) is 0 Å². The Balaban J connectivity index is 1.67. The molecule has 0 aliphatic carbocycles. The highest BCUT2D eigenvalue weighted by molar-refractivity contribution is 5.93. The quantitative estimate of drug-likeness (QED) is 0.505. The summed E-state index contributed by atoms with van der Waals surface area (Å²) in [6.07, 6.45) is 0. The monoisotopic (exact) mass is 354 g/mol. The first-order valence-electron chi connectivity index (χ1n) is 9.86. The lowest BCUT2D eigenvalue weighted by Gasteiger charge is -2.39. The Kier molecular flexibility index (Phi) is 3.42. The van der Waals surface area contributed by atoms with Gasteiger partial charge in [0.2, 0.25) is 0 Å². The van der Waals surface area contributed by atoms with Gasteiger partial charge in [-0.3, -0.25) is 0 Å². The third-order valence-electron chi connectivity index (χ3n) is 6.27. The van der Waals surface area contributed by atoms with Crippen LogP contribution in [-0.2, 0) is 5.41 Å². The normalized spacial score (nSPS) is 16.5. The standard InChI is InChI=1S/C25H26N2/c1-17(2)18-12-14-19(15-13-18)26-16-27-22-10-6-5-8-20(22)25(3,4)21-9-7-11-23(26)24(21)27/h5-15,17H,16H2,1-4H3. The number of hydrogen-bond acceptors (Lipinski definition) is 2. The van der Waals surface area contributed by atoms with Gasteiger partial charge in [0.1, 0.15) is 6.67 Å². The molecule has 0 saturated carbocycles. The van der Waals surface area contributed by atoms with Crippen molar-refractivity contribution in [2.24, 2.45) is 0 Å². The third kappa shape index (κ3) is 2.26. The Labute approximate surface area is 162 Å². The van der Waals surface area contributed by atoms with Crippen LogP contribution < -0.4 is 9.80 Å². The first-order valence-corrected chi connectivity index (χ1v) is 9.86. The molecule has 5 rings (SSSR count). The van der Waals surface area contributed by atoms with Crippen LogP contribution in [0.1, 0.15) is 50.3 Å². The number of rotatable bonds is 2. The maximum Gasteiger partial charge on any atom is 0.100 e. The van der Waals surface area contributed by atoms with Crippen molar-refractivity contribution in [2.75, 3.05) is 16.5 Å². The minimum absolute atomic E-state index is 0.00987. The Bertz CT molecular complexity index is 1010.